The molecule has 0 spiro atoms. The number of carbonyl (C=O) groups is 2. The van der Waals surface area contributed by atoms with Crippen LogP contribution in [-0.4, -0.2) is 43.3 Å². The number of nitrogens with one attached hydrogen (secondary N) is 1. The van der Waals surface area contributed by atoms with Crippen molar-refractivity contribution in [2.45, 2.75) is 57.6 Å². The van der Waals surface area contributed by atoms with Gasteiger partial charge in [0.05, 0.1) is 20.6 Å². The first-order chi connectivity index (χ1) is 18.6. The molecular weight excluding hydrogens is 593 g/mol. The van der Waals surface area contributed by atoms with Crippen LogP contribution in [0.25, 0.3) is 0 Å². The van der Waals surface area contributed by atoms with E-state index in [2.05, 4.69) is 5.32 Å². The van der Waals surface area contributed by atoms with Gasteiger partial charge in [-0.2, -0.15) is 0 Å². The fourth-order valence-corrected chi connectivity index (χ4v) is 5.80. The number of hydrogen-bond donors (Lipinski definition) is 1. The maximum absolute atomic E-state index is 14.0. The van der Waals surface area contributed by atoms with Gasteiger partial charge in [0.15, 0.2) is 0 Å². The molecule has 1 N–H and O–H groups in total. The van der Waals surface area contributed by atoms with Crippen molar-refractivity contribution in [1.29, 1.82) is 0 Å². The summed E-state index contributed by atoms with van der Waals surface area (Å²) in [6.07, 6.45) is 0. The molecule has 0 unspecified atom stereocenters. The molecule has 11 heteroatoms. The second-order valence-electron chi connectivity index (χ2n) is 10.4. The molecule has 0 saturated heterocycles. The fraction of sp³-hybridized carbons (Fsp3) is 0.310. The summed E-state index contributed by atoms with van der Waals surface area (Å²) in [4.78, 5) is 28.5. The number of hydrogen-bond acceptors (Lipinski definition) is 4. The van der Waals surface area contributed by atoms with Crippen LogP contribution in [-0.2, 0) is 26.2 Å². The van der Waals surface area contributed by atoms with E-state index in [1.165, 1.54) is 23.1 Å². The lowest BCUT2D eigenvalue weighted by Crippen LogP contribution is -2.54. The molecule has 0 heterocycles. The van der Waals surface area contributed by atoms with Crippen LogP contribution in [0.15, 0.2) is 71.6 Å². The van der Waals surface area contributed by atoms with Gasteiger partial charge < -0.3 is 10.2 Å². The Morgan fingerprint density at radius 1 is 0.900 bits per heavy atom. The van der Waals surface area contributed by atoms with E-state index in [0.29, 0.717) is 20.6 Å². The SMILES string of the molecule is Cc1ccc(N(CC(=O)N(Cc2ccc(Cl)c(Cl)c2)[C@@H](C)C(=O)NC(C)(C)C)S(=O)(=O)c2ccccc2)cc1Cl. The molecule has 3 aromatic carbocycles. The van der Waals surface area contributed by atoms with Crippen molar-refractivity contribution in [3.63, 3.8) is 0 Å². The third-order valence-electron chi connectivity index (χ3n) is 6.06. The van der Waals surface area contributed by atoms with E-state index < -0.39 is 40.0 Å². The standard InChI is InChI=1S/C29H32Cl3N3O4S/c1-19-11-13-22(16-25(19)31)35(40(38,39)23-9-7-6-8-10-23)18-27(36)34(20(2)28(37)33-29(3,4)5)17-21-12-14-24(30)26(32)15-21/h6-16,20H,17-18H2,1-5H3,(H,33,37)/t20-/m0/s1. The lowest BCUT2D eigenvalue weighted by molar-refractivity contribution is -0.140. The van der Waals surface area contributed by atoms with Crippen molar-refractivity contribution >= 4 is 62.3 Å². The maximum Gasteiger partial charge on any atom is 0.264 e. The average molecular weight is 625 g/mol. The third kappa shape index (κ3) is 7.91. The van der Waals surface area contributed by atoms with Crippen LogP contribution in [0.3, 0.4) is 0 Å². The molecule has 0 aliphatic heterocycles. The van der Waals surface area contributed by atoms with Gasteiger partial charge in [-0.1, -0.05) is 65.1 Å². The van der Waals surface area contributed by atoms with Gasteiger partial charge in [-0.05, 0) is 82.1 Å². The Bertz CT molecular complexity index is 1490. The monoisotopic (exact) mass is 623 g/mol. The highest BCUT2D eigenvalue weighted by Gasteiger charge is 2.33. The molecule has 0 bridgehead atoms. The summed E-state index contributed by atoms with van der Waals surface area (Å²) < 4.78 is 28.6. The largest absolute Gasteiger partial charge is 0.350 e. The number of rotatable bonds is 9. The average Bonchev–Trinajstić information content (AvgIpc) is 2.88. The van der Waals surface area contributed by atoms with Crippen molar-refractivity contribution in [2.75, 3.05) is 10.8 Å². The number of halogens is 3. The Balaban J connectivity index is 2.06. The summed E-state index contributed by atoms with van der Waals surface area (Å²) in [5.41, 5.74) is 1.04. The molecular formula is C29H32Cl3N3O4S. The summed E-state index contributed by atoms with van der Waals surface area (Å²) in [5, 5.41) is 3.87. The Labute approximate surface area is 251 Å². The Morgan fingerprint density at radius 3 is 2.12 bits per heavy atom. The van der Waals surface area contributed by atoms with Gasteiger partial charge in [0.25, 0.3) is 10.0 Å². The number of carbonyl (C=O) groups excluding carboxylic acids is 2. The molecule has 0 fully saturated rings. The van der Waals surface area contributed by atoms with E-state index in [9.17, 15) is 18.0 Å². The number of nitrogens with zero attached hydrogens (tertiary/aromatic N) is 2. The Hall–Kier alpha value is -2.78. The second-order valence-corrected chi connectivity index (χ2v) is 13.5. The quantitative estimate of drug-likeness (QED) is 0.295. The molecule has 3 aromatic rings. The number of anilines is 1. The van der Waals surface area contributed by atoms with E-state index in [1.54, 1.807) is 62.4 Å². The van der Waals surface area contributed by atoms with E-state index >= 15 is 0 Å². The van der Waals surface area contributed by atoms with E-state index in [0.717, 1.165) is 9.87 Å². The van der Waals surface area contributed by atoms with Gasteiger partial charge in [0.1, 0.15) is 12.6 Å². The highest BCUT2D eigenvalue weighted by molar-refractivity contribution is 7.92. The van der Waals surface area contributed by atoms with Gasteiger partial charge in [-0.3, -0.25) is 13.9 Å². The van der Waals surface area contributed by atoms with Crippen molar-refractivity contribution in [3.05, 3.63) is 92.9 Å². The van der Waals surface area contributed by atoms with Gasteiger partial charge in [-0.15, -0.1) is 0 Å². The summed E-state index contributed by atoms with van der Waals surface area (Å²) in [7, 11) is -4.18. The summed E-state index contributed by atoms with van der Waals surface area (Å²) >= 11 is 18.6. The second kappa shape index (κ2) is 12.8. The van der Waals surface area contributed by atoms with Gasteiger partial charge in [0.2, 0.25) is 11.8 Å². The predicted molar refractivity (Wildman–Crippen MR) is 162 cm³/mol. The van der Waals surface area contributed by atoms with Crippen LogP contribution in [0.2, 0.25) is 15.1 Å². The normalized spacial score (nSPS) is 12.5. The highest BCUT2D eigenvalue weighted by atomic mass is 35.5. The molecule has 0 aliphatic carbocycles. The van der Waals surface area contributed by atoms with E-state index in [-0.39, 0.29) is 17.1 Å². The van der Waals surface area contributed by atoms with Crippen molar-refractivity contribution in [3.8, 4) is 0 Å². The molecule has 0 saturated carbocycles. The zero-order valence-electron chi connectivity index (χ0n) is 22.9. The summed E-state index contributed by atoms with van der Waals surface area (Å²) in [6, 6.07) is 16.6. The molecule has 0 aliphatic rings. The van der Waals surface area contributed by atoms with E-state index in [4.69, 9.17) is 34.8 Å². The van der Waals surface area contributed by atoms with Crippen LogP contribution in [0.5, 0.6) is 0 Å². The van der Waals surface area contributed by atoms with Gasteiger partial charge >= 0.3 is 0 Å². The maximum atomic E-state index is 14.0. The smallest absolute Gasteiger partial charge is 0.264 e. The molecule has 0 aromatic heterocycles. The van der Waals surface area contributed by atoms with Crippen LogP contribution in [0.1, 0.15) is 38.8 Å². The minimum absolute atomic E-state index is 0.00838. The van der Waals surface area contributed by atoms with Crippen molar-refractivity contribution in [2.24, 2.45) is 0 Å². The summed E-state index contributed by atoms with van der Waals surface area (Å²) in [6.45, 7) is 8.29. The Morgan fingerprint density at radius 2 is 1.55 bits per heavy atom. The first kappa shape index (κ1) is 31.7. The van der Waals surface area contributed by atoms with Crippen LogP contribution in [0, 0.1) is 6.92 Å². The third-order valence-corrected chi connectivity index (χ3v) is 8.99. The first-order valence-corrected chi connectivity index (χ1v) is 15.1. The Kier molecular flexibility index (Phi) is 10.2. The molecule has 214 valence electrons. The molecule has 1 atom stereocenters. The lowest BCUT2D eigenvalue weighted by Gasteiger charge is -2.33. The van der Waals surface area contributed by atoms with Gasteiger partial charge in [0, 0.05) is 17.1 Å². The topological polar surface area (TPSA) is 86.8 Å². The van der Waals surface area contributed by atoms with Crippen LogP contribution < -0.4 is 9.62 Å². The zero-order valence-corrected chi connectivity index (χ0v) is 26.0. The number of amides is 2. The van der Waals surface area contributed by atoms with Crippen molar-refractivity contribution < 1.29 is 18.0 Å². The fourth-order valence-electron chi connectivity index (χ4n) is 3.88. The van der Waals surface area contributed by atoms with Gasteiger partial charge in [-0.25, -0.2) is 8.42 Å². The minimum atomic E-state index is -4.18. The molecule has 3 rings (SSSR count). The zero-order chi connectivity index (χ0) is 29.8. The number of aryl methyl sites for hydroxylation is 1. The molecule has 40 heavy (non-hydrogen) atoms. The van der Waals surface area contributed by atoms with Crippen LogP contribution >= 0.6 is 34.8 Å². The predicted octanol–water partition coefficient (Wildman–Crippen LogP) is 6.48. The first-order valence-electron chi connectivity index (χ1n) is 12.5. The van der Waals surface area contributed by atoms with Crippen molar-refractivity contribution in [1.82, 2.24) is 10.2 Å². The molecule has 2 amide bonds. The number of benzene rings is 3. The number of sulfonamides is 1. The summed E-state index contributed by atoms with van der Waals surface area (Å²) in [5.74, 6) is -0.990. The molecule has 7 nitrogen and oxygen atoms in total. The van der Waals surface area contributed by atoms with E-state index in [1.807, 2.05) is 20.8 Å². The minimum Gasteiger partial charge on any atom is -0.350 e. The van der Waals surface area contributed by atoms with Crippen LogP contribution in [0.4, 0.5) is 5.69 Å². The molecule has 0 radical (unpaired) electrons. The highest BCUT2D eigenvalue weighted by Crippen LogP contribution is 2.29. The lowest BCUT2D eigenvalue weighted by atomic mass is 10.1.